The molecule has 5 nitrogen and oxygen atoms in total. The van der Waals surface area contributed by atoms with Gasteiger partial charge in [0, 0.05) is 24.8 Å². The summed E-state index contributed by atoms with van der Waals surface area (Å²) < 4.78 is 0. The van der Waals surface area contributed by atoms with Crippen LogP contribution in [0.25, 0.3) is 0 Å². The zero-order valence-corrected chi connectivity index (χ0v) is 13.3. The lowest BCUT2D eigenvalue weighted by atomic mass is 10.0. The van der Waals surface area contributed by atoms with Crippen LogP contribution >= 0.6 is 11.3 Å². The number of anilines is 1. The summed E-state index contributed by atoms with van der Waals surface area (Å²) in [7, 11) is 0. The first-order valence-electron chi connectivity index (χ1n) is 7.54. The van der Waals surface area contributed by atoms with E-state index in [-0.39, 0.29) is 30.3 Å². The van der Waals surface area contributed by atoms with Crippen LogP contribution in [0.15, 0.2) is 30.3 Å². The van der Waals surface area contributed by atoms with Crippen LogP contribution in [0.4, 0.5) is 5.13 Å². The number of rotatable bonds is 5. The Labute approximate surface area is 137 Å². The number of Topliss-reactive ketones (excluding diaryl/α,β-unsaturated/α-hetero) is 2. The average Bonchev–Trinajstić information content (AvgIpc) is 2.97. The number of carbonyl (C=O) groups is 3. The van der Waals surface area contributed by atoms with Gasteiger partial charge in [-0.15, -0.1) is 0 Å². The van der Waals surface area contributed by atoms with Crippen LogP contribution in [0.2, 0.25) is 0 Å². The molecule has 0 saturated heterocycles. The smallest absolute Gasteiger partial charge is 0.226 e. The number of nitrogens with zero attached hydrogens (tertiary/aromatic N) is 1. The van der Waals surface area contributed by atoms with Crippen molar-refractivity contribution in [2.24, 2.45) is 0 Å². The van der Waals surface area contributed by atoms with E-state index in [0.717, 1.165) is 18.5 Å². The van der Waals surface area contributed by atoms with Gasteiger partial charge in [-0.25, -0.2) is 4.98 Å². The van der Waals surface area contributed by atoms with Gasteiger partial charge in [-0.1, -0.05) is 41.7 Å². The topological polar surface area (TPSA) is 76.1 Å². The normalized spacial score (nSPS) is 13.5. The van der Waals surface area contributed by atoms with Crippen LogP contribution in [-0.2, 0) is 11.2 Å². The molecule has 0 unspecified atom stereocenters. The molecule has 3 rings (SSSR count). The van der Waals surface area contributed by atoms with Gasteiger partial charge in [0.25, 0.3) is 0 Å². The van der Waals surface area contributed by atoms with Crippen LogP contribution in [0.3, 0.4) is 0 Å². The fourth-order valence-corrected chi connectivity index (χ4v) is 3.50. The average molecular weight is 328 g/mol. The maximum absolute atomic E-state index is 12.0. The van der Waals surface area contributed by atoms with Crippen LogP contribution < -0.4 is 5.32 Å². The lowest BCUT2D eigenvalue weighted by Gasteiger charge is -2.05. The number of carbonyl (C=O) groups excluding carboxylic acids is 3. The number of hydrogen-bond acceptors (Lipinski definition) is 5. The van der Waals surface area contributed by atoms with Crippen molar-refractivity contribution < 1.29 is 14.4 Å². The van der Waals surface area contributed by atoms with Gasteiger partial charge in [0.2, 0.25) is 5.91 Å². The summed E-state index contributed by atoms with van der Waals surface area (Å²) in [6.07, 6.45) is 2.40. The van der Waals surface area contributed by atoms with Gasteiger partial charge in [0.1, 0.15) is 0 Å². The molecule has 0 radical (unpaired) electrons. The van der Waals surface area contributed by atoms with E-state index in [1.807, 2.05) is 6.07 Å². The molecule has 0 fully saturated rings. The Hall–Kier alpha value is -2.34. The molecule has 0 bridgehead atoms. The van der Waals surface area contributed by atoms with Crippen molar-refractivity contribution in [3.05, 3.63) is 46.5 Å². The number of amides is 1. The van der Waals surface area contributed by atoms with Crippen molar-refractivity contribution in [1.29, 1.82) is 0 Å². The number of fused-ring (bicyclic) bond motifs is 1. The Bertz CT molecular complexity index is 752. The minimum absolute atomic E-state index is 0.0608. The predicted molar refractivity (Wildman–Crippen MR) is 88.0 cm³/mol. The monoisotopic (exact) mass is 328 g/mol. The first-order valence-corrected chi connectivity index (χ1v) is 8.36. The van der Waals surface area contributed by atoms with Gasteiger partial charge in [-0.2, -0.15) is 0 Å². The van der Waals surface area contributed by atoms with E-state index in [9.17, 15) is 14.4 Å². The van der Waals surface area contributed by atoms with Crippen LogP contribution in [0.1, 0.15) is 51.4 Å². The summed E-state index contributed by atoms with van der Waals surface area (Å²) in [5.74, 6) is -0.217. The molecule has 23 heavy (non-hydrogen) atoms. The van der Waals surface area contributed by atoms with Crippen LogP contribution in [0.5, 0.6) is 0 Å². The molecule has 6 heteroatoms. The molecule has 0 saturated carbocycles. The largest absolute Gasteiger partial charge is 0.302 e. The van der Waals surface area contributed by atoms with Crippen molar-refractivity contribution in [2.45, 2.75) is 32.1 Å². The Balaban J connectivity index is 1.56. The van der Waals surface area contributed by atoms with Crippen LogP contribution in [0, 0.1) is 0 Å². The number of thiazole rings is 1. The minimum atomic E-state index is -0.257. The van der Waals surface area contributed by atoms with Gasteiger partial charge < -0.3 is 5.32 Å². The number of aryl methyl sites for hydroxylation is 1. The second kappa shape index (κ2) is 6.83. The third-order valence-corrected chi connectivity index (χ3v) is 4.74. The molecule has 1 heterocycles. The predicted octanol–water partition coefficient (Wildman–Crippen LogP) is 3.26. The first-order chi connectivity index (χ1) is 11.1. The molecule has 1 aliphatic rings. The first kappa shape index (κ1) is 15.6. The van der Waals surface area contributed by atoms with E-state index in [4.69, 9.17) is 0 Å². The number of aromatic nitrogens is 1. The Morgan fingerprint density at radius 2 is 1.91 bits per heavy atom. The van der Waals surface area contributed by atoms with Crippen LogP contribution in [-0.4, -0.2) is 22.5 Å². The number of nitrogens with one attached hydrogen (secondary N) is 1. The Morgan fingerprint density at radius 1 is 1.13 bits per heavy atom. The van der Waals surface area contributed by atoms with Crippen molar-refractivity contribution >= 4 is 33.9 Å². The summed E-state index contributed by atoms with van der Waals surface area (Å²) in [6.45, 7) is 0. The lowest BCUT2D eigenvalue weighted by Crippen LogP contribution is -2.13. The van der Waals surface area contributed by atoms with Crippen molar-refractivity contribution in [3.63, 3.8) is 0 Å². The molecule has 1 N–H and O–H groups in total. The third kappa shape index (κ3) is 3.71. The van der Waals surface area contributed by atoms with E-state index in [0.29, 0.717) is 22.0 Å². The second-order valence-corrected chi connectivity index (χ2v) is 6.41. The Morgan fingerprint density at radius 3 is 2.65 bits per heavy atom. The van der Waals surface area contributed by atoms with Gasteiger partial charge >= 0.3 is 0 Å². The summed E-state index contributed by atoms with van der Waals surface area (Å²) in [5, 5.41) is 3.14. The molecular formula is C17H16N2O3S. The highest BCUT2D eigenvalue weighted by Crippen LogP contribution is 2.29. The molecule has 1 aromatic carbocycles. The zero-order chi connectivity index (χ0) is 16.2. The number of hydrogen-bond donors (Lipinski definition) is 1. The SMILES string of the molecule is O=C(CCC(=O)c1ccccc1)Nc1nc2c(s1)C(=O)CCC2. The van der Waals surface area contributed by atoms with Gasteiger partial charge in [-0.3, -0.25) is 14.4 Å². The van der Waals surface area contributed by atoms with Gasteiger partial charge in [0.15, 0.2) is 16.7 Å². The quantitative estimate of drug-likeness (QED) is 0.855. The summed E-state index contributed by atoms with van der Waals surface area (Å²) >= 11 is 1.22. The molecule has 0 spiro atoms. The fraction of sp³-hybridized carbons (Fsp3) is 0.294. The molecule has 0 atom stereocenters. The molecular weight excluding hydrogens is 312 g/mol. The zero-order valence-electron chi connectivity index (χ0n) is 12.5. The lowest BCUT2D eigenvalue weighted by molar-refractivity contribution is -0.116. The molecule has 0 aliphatic heterocycles. The van der Waals surface area contributed by atoms with Gasteiger partial charge in [-0.05, 0) is 12.8 Å². The van der Waals surface area contributed by atoms with Gasteiger partial charge in [0.05, 0.1) is 10.6 Å². The van der Waals surface area contributed by atoms with E-state index >= 15 is 0 Å². The molecule has 1 aliphatic carbocycles. The highest BCUT2D eigenvalue weighted by atomic mass is 32.1. The number of ketones is 2. The standard InChI is InChI=1S/C17H16N2O3S/c20-13(11-5-2-1-3-6-11)9-10-15(22)19-17-18-12-7-4-8-14(21)16(12)23-17/h1-3,5-6H,4,7-10H2,(H,18,19,22). The van der Waals surface area contributed by atoms with Crippen molar-refractivity contribution in [3.8, 4) is 0 Å². The van der Waals surface area contributed by atoms with E-state index < -0.39 is 0 Å². The summed E-state index contributed by atoms with van der Waals surface area (Å²) in [5.41, 5.74) is 1.39. The third-order valence-electron chi connectivity index (χ3n) is 3.69. The fourth-order valence-electron chi connectivity index (χ4n) is 2.50. The summed E-state index contributed by atoms with van der Waals surface area (Å²) in [6, 6.07) is 8.91. The van der Waals surface area contributed by atoms with E-state index in [1.165, 1.54) is 11.3 Å². The number of benzene rings is 1. The molecule has 1 amide bonds. The van der Waals surface area contributed by atoms with E-state index in [1.54, 1.807) is 24.3 Å². The maximum atomic E-state index is 12.0. The Kier molecular flexibility index (Phi) is 4.62. The van der Waals surface area contributed by atoms with E-state index in [2.05, 4.69) is 10.3 Å². The minimum Gasteiger partial charge on any atom is -0.302 e. The maximum Gasteiger partial charge on any atom is 0.226 e. The van der Waals surface area contributed by atoms with Crippen molar-refractivity contribution in [2.75, 3.05) is 5.32 Å². The highest BCUT2D eigenvalue weighted by molar-refractivity contribution is 7.17. The molecule has 1 aromatic heterocycles. The molecule has 118 valence electrons. The highest BCUT2D eigenvalue weighted by Gasteiger charge is 2.22. The second-order valence-electron chi connectivity index (χ2n) is 5.41. The van der Waals surface area contributed by atoms with Crippen molar-refractivity contribution in [1.82, 2.24) is 4.98 Å². The summed E-state index contributed by atoms with van der Waals surface area (Å²) in [4.78, 5) is 40.7. The molecule has 2 aromatic rings.